The first kappa shape index (κ1) is 13.5. The van der Waals surface area contributed by atoms with Crippen molar-refractivity contribution in [2.24, 2.45) is 0 Å². The van der Waals surface area contributed by atoms with Gasteiger partial charge in [0.25, 0.3) is 0 Å². The molecule has 1 aliphatic rings. The van der Waals surface area contributed by atoms with E-state index in [0.717, 1.165) is 0 Å². The predicted molar refractivity (Wildman–Crippen MR) is 60.7 cm³/mol. The smallest absolute Gasteiger partial charge is 0.317 e. The Balaban J connectivity index is 2.03. The van der Waals surface area contributed by atoms with E-state index in [0.29, 0.717) is 45.3 Å². The fourth-order valence-corrected chi connectivity index (χ4v) is 1.75. The molecular weight excluding hydrogens is 224 g/mol. The molecule has 0 atom stereocenters. The Morgan fingerprint density at radius 2 is 1.94 bits per heavy atom. The maximum atomic E-state index is 11.4. The quantitative estimate of drug-likeness (QED) is 0.653. The van der Waals surface area contributed by atoms with Crippen molar-refractivity contribution in [3.05, 3.63) is 0 Å². The molecule has 0 aromatic heterocycles. The molecule has 0 bridgehead atoms. The topological polar surface area (TPSA) is 86.7 Å². The van der Waals surface area contributed by atoms with Crippen molar-refractivity contribution in [2.45, 2.75) is 32.1 Å². The van der Waals surface area contributed by atoms with Gasteiger partial charge in [-0.2, -0.15) is 0 Å². The molecule has 1 heterocycles. The number of carbonyl (C=O) groups is 3. The Morgan fingerprint density at radius 1 is 1.24 bits per heavy atom. The number of nitrogens with zero attached hydrogens (tertiary/aromatic N) is 1. The van der Waals surface area contributed by atoms with Crippen LogP contribution in [0.2, 0.25) is 0 Å². The first-order valence-electron chi connectivity index (χ1n) is 5.86. The average Bonchev–Trinajstić information content (AvgIpc) is 2.64. The van der Waals surface area contributed by atoms with Gasteiger partial charge in [0.1, 0.15) is 5.78 Å². The minimum atomic E-state index is -0.869. The van der Waals surface area contributed by atoms with Gasteiger partial charge in [0.15, 0.2) is 0 Å². The highest BCUT2D eigenvalue weighted by Gasteiger charge is 2.18. The van der Waals surface area contributed by atoms with Crippen LogP contribution in [-0.4, -0.2) is 47.4 Å². The van der Waals surface area contributed by atoms with Crippen molar-refractivity contribution in [3.8, 4) is 0 Å². The number of carboxylic acids is 1. The highest BCUT2D eigenvalue weighted by Crippen LogP contribution is 2.04. The molecule has 96 valence electrons. The van der Waals surface area contributed by atoms with E-state index in [1.165, 1.54) is 0 Å². The molecule has 0 saturated carbocycles. The van der Waals surface area contributed by atoms with Crippen molar-refractivity contribution in [1.82, 2.24) is 10.2 Å². The first-order chi connectivity index (χ1) is 8.09. The van der Waals surface area contributed by atoms with E-state index in [2.05, 4.69) is 5.32 Å². The second kappa shape index (κ2) is 6.88. The highest BCUT2D eigenvalue weighted by molar-refractivity contribution is 5.79. The van der Waals surface area contributed by atoms with Gasteiger partial charge in [0.05, 0.1) is 0 Å². The van der Waals surface area contributed by atoms with Crippen LogP contribution in [0.4, 0.5) is 4.79 Å². The maximum Gasteiger partial charge on any atom is 0.317 e. The number of carboxylic acid groups (broad SMARTS) is 1. The summed E-state index contributed by atoms with van der Waals surface area (Å²) in [6.07, 6.45) is 1.83. The van der Waals surface area contributed by atoms with Gasteiger partial charge in [-0.05, 0) is 12.8 Å². The van der Waals surface area contributed by atoms with Gasteiger partial charge in [0.2, 0.25) is 0 Å². The van der Waals surface area contributed by atoms with Crippen molar-refractivity contribution in [2.75, 3.05) is 19.6 Å². The molecule has 2 amide bonds. The number of nitrogens with one attached hydrogen (secondary N) is 1. The summed E-state index contributed by atoms with van der Waals surface area (Å²) in [5, 5.41) is 11.1. The number of aliphatic carboxylic acids is 1. The number of urea groups is 1. The number of Topliss-reactive ketones (excluding diaryl/α,β-unsaturated/α-hetero) is 1. The number of hydrogen-bond donors (Lipinski definition) is 2. The van der Waals surface area contributed by atoms with Crippen LogP contribution in [0.5, 0.6) is 0 Å². The van der Waals surface area contributed by atoms with Crippen LogP contribution in [0.1, 0.15) is 32.1 Å². The lowest BCUT2D eigenvalue weighted by Crippen LogP contribution is -2.29. The first-order valence-corrected chi connectivity index (χ1v) is 5.86. The Bertz CT molecular complexity index is 304. The molecule has 6 heteroatoms. The van der Waals surface area contributed by atoms with Gasteiger partial charge < -0.3 is 15.3 Å². The zero-order chi connectivity index (χ0) is 12.7. The Hall–Kier alpha value is -1.59. The summed E-state index contributed by atoms with van der Waals surface area (Å²) in [4.78, 5) is 34.5. The van der Waals surface area contributed by atoms with Gasteiger partial charge in [-0.3, -0.25) is 9.59 Å². The number of amides is 2. The van der Waals surface area contributed by atoms with Crippen molar-refractivity contribution in [1.29, 1.82) is 0 Å². The standard InChI is InChI=1S/C11H18N2O4/c14-9(3-1-5-10(15)16)4-2-7-13-8-6-12-11(13)17/h1-8H2,(H,12,17)(H,15,16). The predicted octanol–water partition coefficient (Wildman–Crippen LogP) is 0.616. The van der Waals surface area contributed by atoms with E-state index >= 15 is 0 Å². The lowest BCUT2D eigenvalue weighted by molar-refractivity contribution is -0.137. The summed E-state index contributed by atoms with van der Waals surface area (Å²) in [6.45, 7) is 1.97. The van der Waals surface area contributed by atoms with Crippen LogP contribution in [0.3, 0.4) is 0 Å². The van der Waals surface area contributed by atoms with E-state index in [1.54, 1.807) is 4.90 Å². The molecule has 6 nitrogen and oxygen atoms in total. The minimum absolute atomic E-state index is 0.0419. The lowest BCUT2D eigenvalue weighted by Gasteiger charge is -2.12. The molecular formula is C11H18N2O4. The molecule has 0 aliphatic carbocycles. The molecule has 1 rings (SSSR count). The van der Waals surface area contributed by atoms with Gasteiger partial charge >= 0.3 is 12.0 Å². The third-order valence-electron chi connectivity index (χ3n) is 2.68. The molecule has 0 spiro atoms. The molecule has 1 fully saturated rings. The summed E-state index contributed by atoms with van der Waals surface area (Å²) in [5.41, 5.74) is 0. The fourth-order valence-electron chi connectivity index (χ4n) is 1.75. The second-order valence-electron chi connectivity index (χ2n) is 4.11. The third-order valence-corrected chi connectivity index (χ3v) is 2.68. The van der Waals surface area contributed by atoms with E-state index in [1.807, 2.05) is 0 Å². The van der Waals surface area contributed by atoms with Crippen LogP contribution < -0.4 is 5.32 Å². The van der Waals surface area contributed by atoms with E-state index in [9.17, 15) is 14.4 Å². The van der Waals surface area contributed by atoms with Crippen LogP contribution in [0, 0.1) is 0 Å². The molecule has 1 aliphatic heterocycles. The minimum Gasteiger partial charge on any atom is -0.481 e. The number of rotatable bonds is 8. The van der Waals surface area contributed by atoms with E-state index < -0.39 is 5.97 Å². The number of carbonyl (C=O) groups excluding carboxylic acids is 2. The largest absolute Gasteiger partial charge is 0.481 e. The van der Waals surface area contributed by atoms with Crippen LogP contribution in [0.25, 0.3) is 0 Å². The zero-order valence-electron chi connectivity index (χ0n) is 9.78. The van der Waals surface area contributed by atoms with Gasteiger partial charge in [-0.15, -0.1) is 0 Å². The van der Waals surface area contributed by atoms with Crippen LogP contribution in [0.15, 0.2) is 0 Å². The summed E-state index contributed by atoms with van der Waals surface area (Å²) < 4.78 is 0. The van der Waals surface area contributed by atoms with Gasteiger partial charge in [0, 0.05) is 38.9 Å². The molecule has 2 N–H and O–H groups in total. The zero-order valence-corrected chi connectivity index (χ0v) is 9.78. The molecule has 0 unspecified atom stereocenters. The molecule has 0 aromatic rings. The van der Waals surface area contributed by atoms with Crippen molar-refractivity contribution in [3.63, 3.8) is 0 Å². The molecule has 0 aromatic carbocycles. The SMILES string of the molecule is O=C(O)CCCC(=O)CCCN1CCNC1=O. The summed E-state index contributed by atoms with van der Waals surface area (Å²) in [6, 6.07) is -0.0664. The summed E-state index contributed by atoms with van der Waals surface area (Å²) in [7, 11) is 0. The average molecular weight is 242 g/mol. The summed E-state index contributed by atoms with van der Waals surface area (Å²) >= 11 is 0. The van der Waals surface area contributed by atoms with E-state index in [-0.39, 0.29) is 18.2 Å². The summed E-state index contributed by atoms with van der Waals surface area (Å²) in [5.74, 6) is -0.794. The highest BCUT2D eigenvalue weighted by atomic mass is 16.4. The third kappa shape index (κ3) is 5.33. The second-order valence-corrected chi connectivity index (χ2v) is 4.11. The Labute approximate surface area is 100.0 Å². The van der Waals surface area contributed by atoms with Crippen molar-refractivity contribution < 1.29 is 19.5 Å². The maximum absolute atomic E-state index is 11.4. The molecule has 1 saturated heterocycles. The Kier molecular flexibility index (Phi) is 5.45. The van der Waals surface area contributed by atoms with Crippen LogP contribution >= 0.6 is 0 Å². The van der Waals surface area contributed by atoms with Crippen molar-refractivity contribution >= 4 is 17.8 Å². The van der Waals surface area contributed by atoms with Gasteiger partial charge in [-0.25, -0.2) is 4.79 Å². The number of hydrogen-bond acceptors (Lipinski definition) is 3. The fraction of sp³-hybridized carbons (Fsp3) is 0.727. The molecule has 17 heavy (non-hydrogen) atoms. The van der Waals surface area contributed by atoms with E-state index in [4.69, 9.17) is 5.11 Å². The number of ketones is 1. The van der Waals surface area contributed by atoms with Crippen LogP contribution in [-0.2, 0) is 9.59 Å². The Morgan fingerprint density at radius 3 is 2.53 bits per heavy atom. The normalized spacial score (nSPS) is 14.8. The monoisotopic (exact) mass is 242 g/mol. The molecule has 0 radical (unpaired) electrons. The van der Waals surface area contributed by atoms with Gasteiger partial charge in [-0.1, -0.05) is 0 Å². The lowest BCUT2D eigenvalue weighted by atomic mass is 10.1.